The summed E-state index contributed by atoms with van der Waals surface area (Å²) in [6, 6.07) is 11.0. The van der Waals surface area contributed by atoms with Crippen molar-refractivity contribution in [3.8, 4) is 11.6 Å². The van der Waals surface area contributed by atoms with E-state index in [0.717, 1.165) is 12.0 Å². The molecular formula is C24H22N6O3. The number of hydrogen-bond donors (Lipinski definition) is 1. The molecule has 0 atom stereocenters. The fourth-order valence-electron chi connectivity index (χ4n) is 2.92. The van der Waals surface area contributed by atoms with Gasteiger partial charge in [-0.15, -0.1) is 0 Å². The number of anilines is 1. The maximum absolute atomic E-state index is 12.0. The molecule has 9 nitrogen and oxygen atoms in total. The minimum Gasteiger partial charge on any atom is -0.439 e. The number of allylic oxidation sites excluding steroid dienone is 2. The van der Waals surface area contributed by atoms with Crippen LogP contribution in [0.2, 0.25) is 0 Å². The summed E-state index contributed by atoms with van der Waals surface area (Å²) in [7, 11) is 0. The van der Waals surface area contributed by atoms with Gasteiger partial charge in [0.1, 0.15) is 23.4 Å². The molecule has 0 aliphatic carbocycles. The SMILES string of the molecule is C/C=C(\C)OC(=O)c1ccc(Oc2ccc(CCNc3ncnc4nccnc34)cc2)nc1. The van der Waals surface area contributed by atoms with Crippen LogP contribution in [0.4, 0.5) is 5.82 Å². The van der Waals surface area contributed by atoms with E-state index in [2.05, 4.69) is 30.2 Å². The van der Waals surface area contributed by atoms with Crippen LogP contribution >= 0.6 is 0 Å². The van der Waals surface area contributed by atoms with Crippen LogP contribution in [0.1, 0.15) is 29.8 Å². The Balaban J connectivity index is 1.30. The zero-order valence-electron chi connectivity index (χ0n) is 18.2. The molecule has 9 heteroatoms. The molecule has 0 unspecified atom stereocenters. The summed E-state index contributed by atoms with van der Waals surface area (Å²) in [5.74, 6) is 1.78. The number of fused-ring (bicyclic) bond motifs is 1. The van der Waals surface area contributed by atoms with Gasteiger partial charge in [-0.25, -0.2) is 29.7 Å². The third-order valence-corrected chi connectivity index (χ3v) is 4.75. The first-order valence-corrected chi connectivity index (χ1v) is 10.4. The van der Waals surface area contributed by atoms with E-state index in [1.54, 1.807) is 44.4 Å². The Morgan fingerprint density at radius 3 is 2.58 bits per heavy atom. The van der Waals surface area contributed by atoms with E-state index in [0.29, 0.717) is 46.5 Å². The Bertz CT molecular complexity index is 1270. The Kier molecular flexibility index (Phi) is 6.79. The first-order valence-electron chi connectivity index (χ1n) is 10.4. The molecule has 4 aromatic rings. The van der Waals surface area contributed by atoms with Crippen molar-refractivity contribution in [2.75, 3.05) is 11.9 Å². The predicted molar refractivity (Wildman–Crippen MR) is 123 cm³/mol. The molecule has 0 saturated carbocycles. The predicted octanol–water partition coefficient (Wildman–Crippen LogP) is 4.34. The largest absolute Gasteiger partial charge is 0.439 e. The highest BCUT2D eigenvalue weighted by molar-refractivity contribution is 5.89. The van der Waals surface area contributed by atoms with Crippen LogP contribution in [-0.4, -0.2) is 37.4 Å². The average Bonchev–Trinajstić information content (AvgIpc) is 2.85. The highest BCUT2D eigenvalue weighted by Crippen LogP contribution is 2.21. The number of ether oxygens (including phenoxy) is 2. The summed E-state index contributed by atoms with van der Waals surface area (Å²) in [6.45, 7) is 4.19. The number of benzene rings is 1. The van der Waals surface area contributed by atoms with Gasteiger partial charge in [0, 0.05) is 31.2 Å². The standard InChI is InChI=1S/C24H22N6O3/c1-3-16(2)32-24(31)18-6-9-20(28-14-18)33-19-7-4-17(5-8-19)10-11-26-22-21-23(30-15-29-22)27-13-12-25-21/h3-9,12-15H,10-11H2,1-2H3,(H,26,27,29,30)/b16-3+. The molecule has 0 bridgehead atoms. The summed E-state index contributed by atoms with van der Waals surface area (Å²) in [6.07, 6.45) is 8.63. The van der Waals surface area contributed by atoms with Crippen LogP contribution in [0.25, 0.3) is 11.2 Å². The van der Waals surface area contributed by atoms with E-state index in [-0.39, 0.29) is 0 Å². The molecule has 0 saturated heterocycles. The molecule has 0 aliphatic rings. The van der Waals surface area contributed by atoms with E-state index in [9.17, 15) is 4.79 Å². The summed E-state index contributed by atoms with van der Waals surface area (Å²) < 4.78 is 10.9. The Morgan fingerprint density at radius 1 is 1.00 bits per heavy atom. The summed E-state index contributed by atoms with van der Waals surface area (Å²) in [4.78, 5) is 33.0. The van der Waals surface area contributed by atoms with Gasteiger partial charge < -0.3 is 14.8 Å². The van der Waals surface area contributed by atoms with Gasteiger partial charge in [0.15, 0.2) is 11.5 Å². The minimum atomic E-state index is -0.454. The molecule has 0 spiro atoms. The number of carbonyl (C=O) groups is 1. The summed E-state index contributed by atoms with van der Waals surface area (Å²) in [5, 5.41) is 3.28. The fraction of sp³-hybridized carbons (Fsp3) is 0.167. The van der Waals surface area contributed by atoms with Gasteiger partial charge in [-0.05, 0) is 50.1 Å². The van der Waals surface area contributed by atoms with Crippen LogP contribution in [0.5, 0.6) is 11.6 Å². The molecule has 0 radical (unpaired) electrons. The first kappa shape index (κ1) is 21.8. The van der Waals surface area contributed by atoms with Gasteiger partial charge in [0.25, 0.3) is 0 Å². The molecule has 0 aliphatic heterocycles. The topological polar surface area (TPSA) is 112 Å². The number of nitrogens with zero attached hydrogens (tertiary/aromatic N) is 5. The van der Waals surface area contributed by atoms with Crippen molar-refractivity contribution in [1.29, 1.82) is 0 Å². The highest BCUT2D eigenvalue weighted by Gasteiger charge is 2.09. The smallest absolute Gasteiger partial charge is 0.344 e. The van der Waals surface area contributed by atoms with Gasteiger partial charge in [0.05, 0.1) is 5.56 Å². The van der Waals surface area contributed by atoms with Gasteiger partial charge >= 0.3 is 5.97 Å². The zero-order valence-corrected chi connectivity index (χ0v) is 18.2. The second kappa shape index (κ2) is 10.3. The van der Waals surface area contributed by atoms with E-state index in [1.807, 2.05) is 24.3 Å². The van der Waals surface area contributed by atoms with Crippen molar-refractivity contribution in [1.82, 2.24) is 24.9 Å². The Hall–Kier alpha value is -4.40. The molecule has 1 N–H and O–H groups in total. The zero-order chi connectivity index (χ0) is 23.0. The van der Waals surface area contributed by atoms with E-state index >= 15 is 0 Å². The van der Waals surface area contributed by atoms with Crippen LogP contribution in [0.15, 0.2) is 73.2 Å². The maximum Gasteiger partial charge on any atom is 0.344 e. The van der Waals surface area contributed by atoms with Crippen LogP contribution in [0, 0.1) is 0 Å². The van der Waals surface area contributed by atoms with E-state index in [4.69, 9.17) is 9.47 Å². The highest BCUT2D eigenvalue weighted by atomic mass is 16.5. The molecule has 1 aromatic carbocycles. The van der Waals surface area contributed by atoms with Crippen LogP contribution in [-0.2, 0) is 11.2 Å². The quantitative estimate of drug-likeness (QED) is 0.314. The Labute approximate surface area is 190 Å². The molecule has 4 rings (SSSR count). The maximum atomic E-state index is 12.0. The fourth-order valence-corrected chi connectivity index (χ4v) is 2.92. The second-order valence-electron chi connectivity index (χ2n) is 7.05. The van der Waals surface area contributed by atoms with Crippen LogP contribution < -0.4 is 10.1 Å². The van der Waals surface area contributed by atoms with Gasteiger partial charge in [0.2, 0.25) is 5.88 Å². The molecule has 166 valence electrons. The van der Waals surface area contributed by atoms with E-state index < -0.39 is 5.97 Å². The second-order valence-corrected chi connectivity index (χ2v) is 7.05. The van der Waals surface area contributed by atoms with Crippen LogP contribution in [0.3, 0.4) is 0 Å². The third-order valence-electron chi connectivity index (χ3n) is 4.75. The lowest BCUT2D eigenvalue weighted by Crippen LogP contribution is -2.08. The lowest BCUT2D eigenvalue weighted by atomic mass is 10.1. The number of carbonyl (C=O) groups excluding carboxylic acids is 1. The van der Waals surface area contributed by atoms with E-state index in [1.165, 1.54) is 12.5 Å². The number of esters is 1. The first-order chi connectivity index (χ1) is 16.1. The molecule has 3 heterocycles. The van der Waals surface area contributed by atoms with Crippen molar-refractivity contribution in [3.63, 3.8) is 0 Å². The summed E-state index contributed by atoms with van der Waals surface area (Å²) in [5.41, 5.74) is 2.69. The molecule has 33 heavy (non-hydrogen) atoms. The van der Waals surface area contributed by atoms with Crippen molar-refractivity contribution < 1.29 is 14.3 Å². The lowest BCUT2D eigenvalue weighted by Gasteiger charge is -2.09. The third kappa shape index (κ3) is 5.65. The van der Waals surface area contributed by atoms with Crippen molar-refractivity contribution in [2.24, 2.45) is 0 Å². The van der Waals surface area contributed by atoms with Crippen molar-refractivity contribution >= 4 is 23.0 Å². The number of rotatable bonds is 8. The number of pyridine rings is 1. The minimum absolute atomic E-state index is 0.355. The average molecular weight is 442 g/mol. The van der Waals surface area contributed by atoms with Gasteiger partial charge in [-0.1, -0.05) is 12.1 Å². The van der Waals surface area contributed by atoms with Gasteiger partial charge in [-0.3, -0.25) is 0 Å². The number of nitrogens with one attached hydrogen (secondary N) is 1. The number of aromatic nitrogens is 5. The van der Waals surface area contributed by atoms with Crippen molar-refractivity contribution in [3.05, 3.63) is 84.3 Å². The normalized spacial score (nSPS) is 11.3. The summed E-state index contributed by atoms with van der Waals surface area (Å²) >= 11 is 0. The molecular weight excluding hydrogens is 420 g/mol. The molecule has 3 aromatic heterocycles. The Morgan fingerprint density at radius 2 is 1.82 bits per heavy atom. The van der Waals surface area contributed by atoms with Gasteiger partial charge in [-0.2, -0.15) is 0 Å². The lowest BCUT2D eigenvalue weighted by molar-refractivity contribution is 0.0625. The van der Waals surface area contributed by atoms with Crippen molar-refractivity contribution in [2.45, 2.75) is 20.3 Å². The molecule has 0 amide bonds. The molecule has 0 fully saturated rings. The monoisotopic (exact) mass is 442 g/mol. The number of hydrogen-bond acceptors (Lipinski definition) is 9.